The summed E-state index contributed by atoms with van der Waals surface area (Å²) in [7, 11) is 2.15. The Hall–Kier alpha value is -3.79. The Morgan fingerprint density at radius 3 is 2.31 bits per heavy atom. The molecule has 1 aliphatic rings. The molecule has 182 valence electrons. The topological polar surface area (TPSA) is 57.9 Å². The van der Waals surface area contributed by atoms with Crippen molar-refractivity contribution in [1.82, 2.24) is 19.5 Å². The van der Waals surface area contributed by atoms with Gasteiger partial charge in [-0.1, -0.05) is 12.1 Å². The first-order valence-corrected chi connectivity index (χ1v) is 11.3. The average molecular weight is 483 g/mol. The highest BCUT2D eigenvalue weighted by Crippen LogP contribution is 2.27. The van der Waals surface area contributed by atoms with E-state index in [0.717, 1.165) is 31.7 Å². The van der Waals surface area contributed by atoms with Crippen molar-refractivity contribution in [2.75, 3.05) is 43.4 Å². The largest absolute Gasteiger partial charge is 0.573 e. The molecular weight excluding hydrogens is 457 g/mol. The van der Waals surface area contributed by atoms with Crippen LogP contribution in [0.15, 0.2) is 66.9 Å². The van der Waals surface area contributed by atoms with Gasteiger partial charge in [-0.2, -0.15) is 0 Å². The Morgan fingerprint density at radius 2 is 1.63 bits per heavy atom. The van der Waals surface area contributed by atoms with Crippen molar-refractivity contribution in [2.24, 2.45) is 0 Å². The van der Waals surface area contributed by atoms with Gasteiger partial charge in [0.25, 0.3) is 0 Å². The van der Waals surface area contributed by atoms with E-state index in [-0.39, 0.29) is 5.75 Å². The van der Waals surface area contributed by atoms with Gasteiger partial charge in [-0.15, -0.1) is 18.3 Å². The highest BCUT2D eigenvalue weighted by atomic mass is 19.4. The number of likely N-dealkylation sites (N-methyl/N-ethyl adjacent to an activating group) is 1. The number of alkyl halides is 3. The molecule has 3 heterocycles. The van der Waals surface area contributed by atoms with Gasteiger partial charge in [-0.25, -0.2) is 9.50 Å². The fourth-order valence-corrected chi connectivity index (χ4v) is 4.07. The summed E-state index contributed by atoms with van der Waals surface area (Å²) in [5, 5.41) is 7.96. The summed E-state index contributed by atoms with van der Waals surface area (Å²) in [6.45, 7) is 4.81. The second kappa shape index (κ2) is 9.46. The molecule has 0 aliphatic carbocycles. The summed E-state index contributed by atoms with van der Waals surface area (Å²) in [4.78, 5) is 9.08. The molecule has 0 atom stereocenters. The number of nitrogens with zero attached hydrogens (tertiary/aromatic N) is 5. The van der Waals surface area contributed by atoms with E-state index < -0.39 is 6.36 Å². The van der Waals surface area contributed by atoms with Gasteiger partial charge in [0.05, 0.1) is 11.9 Å². The molecule has 1 N–H and O–H groups in total. The number of hydrogen-bond acceptors (Lipinski definition) is 6. The fourth-order valence-electron chi connectivity index (χ4n) is 4.07. The Labute approximate surface area is 200 Å². The van der Waals surface area contributed by atoms with Crippen molar-refractivity contribution in [3.05, 3.63) is 72.4 Å². The molecule has 0 radical (unpaired) electrons. The smallest absolute Gasteiger partial charge is 0.406 e. The summed E-state index contributed by atoms with van der Waals surface area (Å²) in [5.41, 5.74) is 4.35. The van der Waals surface area contributed by atoms with Gasteiger partial charge in [-0.3, -0.25) is 0 Å². The monoisotopic (exact) mass is 482 g/mol. The zero-order valence-electron chi connectivity index (χ0n) is 19.2. The lowest BCUT2D eigenvalue weighted by molar-refractivity contribution is -0.274. The zero-order valence-corrected chi connectivity index (χ0v) is 19.2. The predicted octanol–water partition coefficient (Wildman–Crippen LogP) is 4.66. The van der Waals surface area contributed by atoms with Crippen LogP contribution in [0.4, 0.5) is 24.7 Å². The van der Waals surface area contributed by atoms with Crippen LogP contribution in [0.3, 0.4) is 0 Å². The average Bonchev–Trinajstić information content (AvgIpc) is 3.26. The van der Waals surface area contributed by atoms with Crippen molar-refractivity contribution in [3.8, 4) is 17.0 Å². The first kappa shape index (κ1) is 23.0. The third-order valence-electron chi connectivity index (χ3n) is 6.02. The van der Waals surface area contributed by atoms with Crippen LogP contribution in [0.25, 0.3) is 16.9 Å². The Bertz CT molecular complexity index is 1280. The molecule has 0 spiro atoms. The highest BCUT2D eigenvalue weighted by molar-refractivity contribution is 5.64. The van der Waals surface area contributed by atoms with E-state index in [9.17, 15) is 13.2 Å². The van der Waals surface area contributed by atoms with Crippen LogP contribution in [-0.4, -0.2) is 59.1 Å². The maximum atomic E-state index is 12.4. The second-order valence-corrected chi connectivity index (χ2v) is 8.51. The summed E-state index contributed by atoms with van der Waals surface area (Å²) in [6, 6.07) is 17.9. The van der Waals surface area contributed by atoms with Crippen LogP contribution < -0.4 is 15.0 Å². The van der Waals surface area contributed by atoms with E-state index in [2.05, 4.69) is 61.2 Å². The van der Waals surface area contributed by atoms with Gasteiger partial charge in [0.1, 0.15) is 11.6 Å². The maximum absolute atomic E-state index is 12.4. The van der Waals surface area contributed by atoms with Gasteiger partial charge in [-0.05, 0) is 61.1 Å². The van der Waals surface area contributed by atoms with Crippen molar-refractivity contribution < 1.29 is 17.9 Å². The zero-order chi connectivity index (χ0) is 24.4. The minimum Gasteiger partial charge on any atom is -0.406 e. The molecule has 1 aliphatic heterocycles. The second-order valence-electron chi connectivity index (χ2n) is 8.51. The molecular formula is C25H25F3N6O. The number of halogens is 3. The first-order valence-electron chi connectivity index (χ1n) is 11.3. The maximum Gasteiger partial charge on any atom is 0.573 e. The summed E-state index contributed by atoms with van der Waals surface area (Å²) in [5.74, 6) is 0.390. The van der Waals surface area contributed by atoms with Crippen molar-refractivity contribution in [2.45, 2.75) is 12.9 Å². The van der Waals surface area contributed by atoms with Gasteiger partial charge in [0.2, 0.25) is 0 Å². The number of rotatable bonds is 6. The number of piperazine rings is 1. The summed E-state index contributed by atoms with van der Waals surface area (Å²) in [6.07, 6.45) is -3.08. The number of imidazole rings is 1. The molecule has 7 nitrogen and oxygen atoms in total. The number of nitrogens with one attached hydrogen (secondary N) is 1. The van der Waals surface area contributed by atoms with Crippen LogP contribution in [0.5, 0.6) is 5.75 Å². The molecule has 35 heavy (non-hydrogen) atoms. The third kappa shape index (κ3) is 5.48. The summed E-state index contributed by atoms with van der Waals surface area (Å²) < 4.78 is 42.9. The van der Waals surface area contributed by atoms with Gasteiger partial charge < -0.3 is 19.9 Å². The lowest BCUT2D eigenvalue weighted by atomic mass is 10.1. The van der Waals surface area contributed by atoms with E-state index >= 15 is 0 Å². The number of hydrogen-bond donors (Lipinski definition) is 1. The first-order chi connectivity index (χ1) is 16.8. The molecule has 2 aromatic heterocycles. The summed E-state index contributed by atoms with van der Waals surface area (Å²) >= 11 is 0. The van der Waals surface area contributed by atoms with Crippen molar-refractivity contribution in [1.29, 1.82) is 0 Å². The SMILES string of the molecule is CN1CCN(c2ccc(CNc3ccc4ncc(-c5ccc(OC(F)(F)F)cc5)n4n3)cc2)CC1. The number of aromatic nitrogens is 3. The van der Waals surface area contributed by atoms with E-state index in [1.54, 1.807) is 22.8 Å². The molecule has 10 heteroatoms. The normalized spacial score (nSPS) is 14.9. The van der Waals surface area contributed by atoms with E-state index in [1.165, 1.54) is 17.8 Å². The third-order valence-corrected chi connectivity index (χ3v) is 6.02. The Kier molecular flexibility index (Phi) is 6.21. The predicted molar refractivity (Wildman–Crippen MR) is 129 cm³/mol. The van der Waals surface area contributed by atoms with Crippen molar-refractivity contribution >= 4 is 17.2 Å². The molecule has 0 saturated carbocycles. The van der Waals surface area contributed by atoms with Crippen LogP contribution >= 0.6 is 0 Å². The molecule has 1 saturated heterocycles. The minimum atomic E-state index is -4.72. The van der Waals surface area contributed by atoms with Gasteiger partial charge >= 0.3 is 6.36 Å². The Balaban J connectivity index is 1.27. The van der Waals surface area contributed by atoms with E-state index in [4.69, 9.17) is 0 Å². The quantitative estimate of drug-likeness (QED) is 0.432. The number of benzene rings is 2. The number of fused-ring (bicyclic) bond motifs is 1. The standard InChI is InChI=1S/C25H25F3N6O/c1-32-12-14-33(15-13-32)20-6-2-18(3-7-20)16-29-23-10-11-24-30-17-22(34(24)31-23)19-4-8-21(9-5-19)35-25(26,27)28/h2-11,17H,12-16H2,1H3,(H,29,31). The lowest BCUT2D eigenvalue weighted by Gasteiger charge is -2.34. The molecule has 1 fully saturated rings. The van der Waals surface area contributed by atoms with Crippen LogP contribution in [0.2, 0.25) is 0 Å². The van der Waals surface area contributed by atoms with Gasteiger partial charge in [0, 0.05) is 44.0 Å². The molecule has 2 aromatic carbocycles. The fraction of sp³-hybridized carbons (Fsp3) is 0.280. The highest BCUT2D eigenvalue weighted by Gasteiger charge is 2.31. The van der Waals surface area contributed by atoms with Gasteiger partial charge in [0.15, 0.2) is 5.65 Å². The molecule has 5 rings (SSSR count). The van der Waals surface area contributed by atoms with Crippen molar-refractivity contribution in [3.63, 3.8) is 0 Å². The molecule has 0 amide bonds. The van der Waals surface area contributed by atoms with E-state index in [0.29, 0.717) is 29.3 Å². The minimum absolute atomic E-state index is 0.274. The molecule has 4 aromatic rings. The van der Waals surface area contributed by atoms with E-state index in [1.807, 2.05) is 12.1 Å². The van der Waals surface area contributed by atoms with Crippen LogP contribution in [-0.2, 0) is 6.54 Å². The molecule has 0 bridgehead atoms. The molecule has 0 unspecified atom stereocenters. The lowest BCUT2D eigenvalue weighted by Crippen LogP contribution is -2.44. The number of ether oxygens (including phenoxy) is 1. The van der Waals surface area contributed by atoms with Crippen LogP contribution in [0.1, 0.15) is 5.56 Å². The number of anilines is 2. The van der Waals surface area contributed by atoms with Crippen LogP contribution in [0, 0.1) is 0 Å². The Morgan fingerprint density at radius 1 is 0.914 bits per heavy atom.